The van der Waals surface area contributed by atoms with Crippen LogP contribution in [-0.4, -0.2) is 19.9 Å². The SMILES string of the molecule is c1ccc(-c2nc(-c3ccccc3)nc(-c3ccc(-c4ccc(-c5nc6ccccc6c6c7c(ccc56)C5(c6ccccc6S7)c6ccccc6-c6ccccc65)cc4)cc3)n2)cc1. The molecule has 1 spiro atoms. The molecule has 5 heteroatoms. The standard InChI is InChI=1S/C59H36N4S/c1-3-15-40(16-4-1)56-61-57(41-17-5-2-6-18-41)63-58(62-56)42-33-29-38(30-34-42)37-27-31-39(32-28-37)54-46-35-36-50-55(53(46)45-21-9-13-25-51(45)60-54)64-52-26-14-12-24-49(52)59(50)47-22-10-7-19-43(47)44-20-8-11-23-48(44)59/h1-36H. The van der Waals surface area contributed by atoms with Crippen molar-refractivity contribution in [3.63, 3.8) is 0 Å². The first kappa shape index (κ1) is 36.6. The van der Waals surface area contributed by atoms with E-state index in [4.69, 9.17) is 19.9 Å². The van der Waals surface area contributed by atoms with Crippen molar-refractivity contribution in [3.8, 4) is 67.7 Å². The average Bonchev–Trinajstić information content (AvgIpc) is 3.67. The van der Waals surface area contributed by atoms with Gasteiger partial charge in [-0.15, -0.1) is 0 Å². The summed E-state index contributed by atoms with van der Waals surface area (Å²) < 4.78 is 0. The second kappa shape index (κ2) is 14.6. The normalized spacial score (nSPS) is 13.1. The molecule has 0 bridgehead atoms. The Labute approximate surface area is 375 Å². The van der Waals surface area contributed by atoms with Gasteiger partial charge in [-0.05, 0) is 56.6 Å². The van der Waals surface area contributed by atoms with Crippen molar-refractivity contribution in [2.24, 2.45) is 0 Å². The summed E-state index contributed by atoms with van der Waals surface area (Å²) in [5, 5.41) is 3.57. The molecule has 2 aliphatic rings. The van der Waals surface area contributed by atoms with E-state index >= 15 is 0 Å². The zero-order valence-electron chi connectivity index (χ0n) is 34.5. The predicted molar refractivity (Wildman–Crippen MR) is 261 cm³/mol. The van der Waals surface area contributed by atoms with Gasteiger partial charge in [-0.1, -0.05) is 218 Å². The highest BCUT2D eigenvalue weighted by molar-refractivity contribution is 7.99. The number of hydrogen-bond donors (Lipinski definition) is 0. The molecule has 1 aliphatic carbocycles. The Morgan fingerprint density at radius 1 is 0.312 bits per heavy atom. The number of nitrogens with zero attached hydrogens (tertiary/aromatic N) is 4. The molecular formula is C59H36N4S. The summed E-state index contributed by atoms with van der Waals surface area (Å²) in [7, 11) is 0. The zero-order valence-corrected chi connectivity index (χ0v) is 35.3. The summed E-state index contributed by atoms with van der Waals surface area (Å²) in [6.07, 6.45) is 0. The van der Waals surface area contributed by atoms with Crippen LogP contribution >= 0.6 is 11.8 Å². The van der Waals surface area contributed by atoms with Crippen LogP contribution in [0.1, 0.15) is 22.3 Å². The molecule has 298 valence electrons. The largest absolute Gasteiger partial charge is 0.247 e. The number of pyridine rings is 1. The van der Waals surface area contributed by atoms with Gasteiger partial charge in [0.1, 0.15) is 0 Å². The van der Waals surface area contributed by atoms with Crippen LogP contribution in [0.5, 0.6) is 0 Å². The number of aromatic nitrogens is 4. The van der Waals surface area contributed by atoms with Crippen molar-refractivity contribution in [1.82, 2.24) is 19.9 Å². The third-order valence-electron chi connectivity index (χ3n) is 13.0. The molecule has 4 nitrogen and oxygen atoms in total. The van der Waals surface area contributed by atoms with E-state index < -0.39 is 5.41 Å². The van der Waals surface area contributed by atoms with Gasteiger partial charge in [-0.25, -0.2) is 19.9 Å². The lowest BCUT2D eigenvalue weighted by Gasteiger charge is -2.40. The first-order valence-corrected chi connectivity index (χ1v) is 22.4. The van der Waals surface area contributed by atoms with Crippen LogP contribution < -0.4 is 0 Å². The topological polar surface area (TPSA) is 51.6 Å². The van der Waals surface area contributed by atoms with Crippen molar-refractivity contribution in [2.75, 3.05) is 0 Å². The van der Waals surface area contributed by atoms with E-state index in [9.17, 15) is 0 Å². The highest BCUT2D eigenvalue weighted by atomic mass is 32.2. The van der Waals surface area contributed by atoms with Crippen LogP contribution in [0.2, 0.25) is 0 Å². The van der Waals surface area contributed by atoms with Gasteiger partial charge >= 0.3 is 0 Å². The summed E-state index contributed by atoms with van der Waals surface area (Å²) in [5.41, 5.74) is 15.6. The molecule has 0 atom stereocenters. The molecule has 0 unspecified atom stereocenters. The second-order valence-corrected chi connectivity index (χ2v) is 17.5. The molecule has 64 heavy (non-hydrogen) atoms. The molecule has 0 radical (unpaired) electrons. The van der Waals surface area contributed by atoms with Crippen molar-refractivity contribution in [2.45, 2.75) is 15.2 Å². The Kier molecular flexibility index (Phi) is 8.33. The minimum atomic E-state index is -0.446. The maximum Gasteiger partial charge on any atom is 0.164 e. The van der Waals surface area contributed by atoms with Gasteiger partial charge in [-0.3, -0.25) is 0 Å². The lowest BCUT2D eigenvalue weighted by molar-refractivity contribution is 0.726. The van der Waals surface area contributed by atoms with Crippen molar-refractivity contribution in [3.05, 3.63) is 241 Å². The van der Waals surface area contributed by atoms with Gasteiger partial charge in [0.2, 0.25) is 0 Å². The quantitative estimate of drug-likeness (QED) is 0.162. The zero-order chi connectivity index (χ0) is 42.2. The van der Waals surface area contributed by atoms with E-state index in [1.165, 1.54) is 53.9 Å². The number of para-hydroxylation sites is 1. The molecule has 13 rings (SSSR count). The van der Waals surface area contributed by atoms with Gasteiger partial charge in [-0.2, -0.15) is 0 Å². The summed E-state index contributed by atoms with van der Waals surface area (Å²) in [5.74, 6) is 1.94. The molecule has 0 saturated heterocycles. The molecule has 2 aromatic heterocycles. The maximum absolute atomic E-state index is 5.40. The van der Waals surface area contributed by atoms with Gasteiger partial charge in [0.05, 0.1) is 16.6 Å². The summed E-state index contributed by atoms with van der Waals surface area (Å²) in [4.78, 5) is 22.7. The Morgan fingerprint density at radius 3 is 1.39 bits per heavy atom. The second-order valence-electron chi connectivity index (χ2n) is 16.5. The molecule has 1 aliphatic heterocycles. The smallest absolute Gasteiger partial charge is 0.164 e. The Bertz CT molecular complexity index is 3520. The molecular weight excluding hydrogens is 797 g/mol. The fraction of sp³-hybridized carbons (Fsp3) is 0.0169. The first-order valence-electron chi connectivity index (χ1n) is 21.6. The van der Waals surface area contributed by atoms with E-state index in [1.54, 1.807) is 0 Å². The molecule has 0 saturated carbocycles. The minimum Gasteiger partial charge on any atom is -0.247 e. The van der Waals surface area contributed by atoms with Crippen molar-refractivity contribution < 1.29 is 0 Å². The van der Waals surface area contributed by atoms with Crippen molar-refractivity contribution in [1.29, 1.82) is 0 Å². The van der Waals surface area contributed by atoms with Crippen LogP contribution in [0.4, 0.5) is 0 Å². The fourth-order valence-electron chi connectivity index (χ4n) is 10.1. The molecule has 9 aromatic carbocycles. The summed E-state index contributed by atoms with van der Waals surface area (Å²) in [6, 6.07) is 78.0. The number of benzene rings is 9. The van der Waals surface area contributed by atoms with Gasteiger partial charge in [0.25, 0.3) is 0 Å². The molecule has 11 aromatic rings. The Morgan fingerprint density at radius 2 is 0.781 bits per heavy atom. The van der Waals surface area contributed by atoms with E-state index in [0.29, 0.717) is 17.5 Å². The summed E-state index contributed by atoms with van der Waals surface area (Å²) >= 11 is 1.90. The van der Waals surface area contributed by atoms with E-state index in [2.05, 4.69) is 158 Å². The highest BCUT2D eigenvalue weighted by Gasteiger charge is 2.50. The van der Waals surface area contributed by atoms with E-state index in [0.717, 1.165) is 50.0 Å². The molecule has 0 N–H and O–H groups in total. The Balaban J connectivity index is 0.918. The number of hydrogen-bond acceptors (Lipinski definition) is 5. The van der Waals surface area contributed by atoms with Crippen LogP contribution in [0, 0.1) is 0 Å². The van der Waals surface area contributed by atoms with Gasteiger partial charge in [0.15, 0.2) is 17.5 Å². The lowest BCUT2D eigenvalue weighted by atomic mass is 9.67. The van der Waals surface area contributed by atoms with E-state index in [-0.39, 0.29) is 0 Å². The molecule has 3 heterocycles. The van der Waals surface area contributed by atoms with Gasteiger partial charge < -0.3 is 0 Å². The number of rotatable bonds is 5. The number of fused-ring (bicyclic) bond motifs is 13. The van der Waals surface area contributed by atoms with Gasteiger partial charge in [0, 0.05) is 48.2 Å². The lowest BCUT2D eigenvalue weighted by Crippen LogP contribution is -2.32. The average molecular weight is 833 g/mol. The van der Waals surface area contributed by atoms with Crippen LogP contribution in [0.3, 0.4) is 0 Å². The molecule has 0 amide bonds. The Hall–Kier alpha value is -7.99. The molecule has 0 fully saturated rings. The monoisotopic (exact) mass is 832 g/mol. The third kappa shape index (κ3) is 5.57. The minimum absolute atomic E-state index is 0.446. The van der Waals surface area contributed by atoms with Crippen molar-refractivity contribution >= 4 is 33.4 Å². The third-order valence-corrected chi connectivity index (χ3v) is 14.2. The predicted octanol–water partition coefficient (Wildman–Crippen LogP) is 14.7. The highest BCUT2D eigenvalue weighted by Crippen LogP contribution is 2.63. The maximum atomic E-state index is 5.40. The first-order chi connectivity index (χ1) is 31.7. The van der Waals surface area contributed by atoms with E-state index in [1.807, 2.05) is 72.4 Å². The van der Waals surface area contributed by atoms with Crippen LogP contribution in [0.25, 0.3) is 89.4 Å². The fourth-order valence-corrected chi connectivity index (χ4v) is 11.5. The van der Waals surface area contributed by atoms with Crippen LogP contribution in [-0.2, 0) is 5.41 Å². The van der Waals surface area contributed by atoms with Crippen LogP contribution in [0.15, 0.2) is 228 Å². The summed E-state index contributed by atoms with van der Waals surface area (Å²) in [6.45, 7) is 0.